The number of nitrogens with zero attached hydrogens (tertiary/aromatic N) is 4. The van der Waals surface area contributed by atoms with Gasteiger partial charge in [0, 0.05) is 32.7 Å². The van der Waals surface area contributed by atoms with Crippen LogP contribution >= 0.6 is 0 Å². The monoisotopic (exact) mass is 299 g/mol. The molecule has 1 N–H and O–H groups in total. The summed E-state index contributed by atoms with van der Waals surface area (Å²) in [5, 5.41) is 2.77. The van der Waals surface area contributed by atoms with Gasteiger partial charge in [0.25, 0.3) is 0 Å². The number of sulfonamides is 1. The maximum Gasteiger partial charge on any atom is 0.246 e. The normalized spacial score (nSPS) is 21.9. The summed E-state index contributed by atoms with van der Waals surface area (Å²) in [5.41, 5.74) is 0. The van der Waals surface area contributed by atoms with Gasteiger partial charge in [-0.15, -0.1) is 0 Å². The molecule has 7 nitrogen and oxygen atoms in total. The molecule has 1 aliphatic heterocycles. The highest BCUT2D eigenvalue weighted by molar-refractivity contribution is 7.89. The summed E-state index contributed by atoms with van der Waals surface area (Å²) in [6.07, 6.45) is 3.64. The Bertz CT molecular complexity index is 545. The summed E-state index contributed by atoms with van der Waals surface area (Å²) in [6, 6.07) is 0.260. The van der Waals surface area contributed by atoms with Crippen molar-refractivity contribution in [2.24, 2.45) is 0 Å². The van der Waals surface area contributed by atoms with Gasteiger partial charge in [0.1, 0.15) is 4.90 Å². The van der Waals surface area contributed by atoms with E-state index in [0.717, 1.165) is 13.0 Å². The van der Waals surface area contributed by atoms with Crippen LogP contribution in [0.5, 0.6) is 0 Å². The van der Waals surface area contributed by atoms with Crippen molar-refractivity contribution in [1.82, 2.24) is 19.2 Å². The second-order valence-corrected chi connectivity index (χ2v) is 6.84. The number of piperazine rings is 1. The first kappa shape index (κ1) is 15.1. The van der Waals surface area contributed by atoms with Gasteiger partial charge in [-0.05, 0) is 13.5 Å². The third-order valence-electron chi connectivity index (χ3n) is 3.70. The van der Waals surface area contributed by atoms with E-state index in [1.54, 1.807) is 7.05 Å². The third-order valence-corrected chi connectivity index (χ3v) is 5.52. The van der Waals surface area contributed by atoms with Crippen LogP contribution in [-0.2, 0) is 10.0 Å². The summed E-state index contributed by atoms with van der Waals surface area (Å²) in [5.74, 6) is 0.411. The highest BCUT2D eigenvalue weighted by Gasteiger charge is 2.32. The average molecular weight is 299 g/mol. The SMILES string of the molecule is CCC1CN(S(=O)(=O)c2cnc(NC)nc2)CCN1C. The summed E-state index contributed by atoms with van der Waals surface area (Å²) in [6.45, 7) is 3.83. The topological polar surface area (TPSA) is 78.4 Å². The van der Waals surface area contributed by atoms with Crippen LogP contribution in [0.3, 0.4) is 0 Å². The Morgan fingerprint density at radius 1 is 1.35 bits per heavy atom. The van der Waals surface area contributed by atoms with Crippen LogP contribution in [0.25, 0.3) is 0 Å². The van der Waals surface area contributed by atoms with Crippen molar-refractivity contribution in [2.75, 3.05) is 39.0 Å². The van der Waals surface area contributed by atoms with Gasteiger partial charge in [-0.1, -0.05) is 6.92 Å². The lowest BCUT2D eigenvalue weighted by Gasteiger charge is -2.38. The van der Waals surface area contributed by atoms with Crippen molar-refractivity contribution in [3.8, 4) is 0 Å². The van der Waals surface area contributed by atoms with E-state index in [1.165, 1.54) is 16.7 Å². The standard InChI is InChI=1S/C12H21N5O2S/c1-4-10-9-17(6-5-16(10)3)20(18,19)11-7-14-12(13-2)15-8-11/h7-8,10H,4-6,9H2,1-3H3,(H,13,14,15). The first-order valence-corrected chi connectivity index (χ1v) is 8.13. The van der Waals surface area contributed by atoms with Gasteiger partial charge in [-0.3, -0.25) is 0 Å². The highest BCUT2D eigenvalue weighted by atomic mass is 32.2. The van der Waals surface area contributed by atoms with Crippen LogP contribution in [0.1, 0.15) is 13.3 Å². The molecule has 0 amide bonds. The maximum atomic E-state index is 12.6. The molecule has 0 saturated carbocycles. The zero-order valence-corrected chi connectivity index (χ0v) is 12.9. The minimum Gasteiger partial charge on any atom is -0.357 e. The van der Waals surface area contributed by atoms with E-state index >= 15 is 0 Å². The molecule has 0 spiro atoms. The van der Waals surface area contributed by atoms with Gasteiger partial charge in [-0.25, -0.2) is 18.4 Å². The van der Waals surface area contributed by atoms with E-state index in [0.29, 0.717) is 19.0 Å². The Labute approximate surface area is 120 Å². The number of rotatable bonds is 4. The molecule has 0 radical (unpaired) electrons. The molecule has 1 atom stereocenters. The van der Waals surface area contributed by atoms with E-state index < -0.39 is 10.0 Å². The second kappa shape index (κ2) is 6.02. The molecule has 1 fully saturated rings. The average Bonchev–Trinajstić information content (AvgIpc) is 2.47. The second-order valence-electron chi connectivity index (χ2n) is 4.90. The summed E-state index contributed by atoms with van der Waals surface area (Å²) in [4.78, 5) is 10.3. The largest absolute Gasteiger partial charge is 0.357 e. The number of hydrogen-bond donors (Lipinski definition) is 1. The predicted molar refractivity (Wildman–Crippen MR) is 77.0 cm³/mol. The first-order chi connectivity index (χ1) is 9.48. The van der Waals surface area contributed by atoms with E-state index in [4.69, 9.17) is 0 Å². The number of anilines is 1. The minimum absolute atomic E-state index is 0.149. The van der Waals surface area contributed by atoms with Crippen LogP contribution in [-0.4, -0.2) is 67.4 Å². The van der Waals surface area contributed by atoms with Crippen molar-refractivity contribution >= 4 is 16.0 Å². The zero-order valence-electron chi connectivity index (χ0n) is 12.1. The first-order valence-electron chi connectivity index (χ1n) is 6.69. The van der Waals surface area contributed by atoms with Crippen LogP contribution in [0.4, 0.5) is 5.95 Å². The molecule has 1 aromatic rings. The maximum absolute atomic E-state index is 12.6. The van der Waals surface area contributed by atoms with Crippen molar-refractivity contribution in [3.63, 3.8) is 0 Å². The van der Waals surface area contributed by atoms with E-state index in [2.05, 4.69) is 27.1 Å². The molecule has 2 rings (SSSR count). The molecular weight excluding hydrogens is 278 g/mol. The van der Waals surface area contributed by atoms with Crippen LogP contribution in [0, 0.1) is 0 Å². The Balaban J connectivity index is 2.21. The minimum atomic E-state index is -3.50. The van der Waals surface area contributed by atoms with Gasteiger partial charge >= 0.3 is 0 Å². The molecular formula is C12H21N5O2S. The molecule has 0 bridgehead atoms. The van der Waals surface area contributed by atoms with Crippen molar-refractivity contribution in [1.29, 1.82) is 0 Å². The fourth-order valence-corrected chi connectivity index (χ4v) is 3.66. The van der Waals surface area contributed by atoms with Crippen molar-refractivity contribution < 1.29 is 8.42 Å². The molecule has 1 saturated heterocycles. The third kappa shape index (κ3) is 2.92. The smallest absolute Gasteiger partial charge is 0.246 e. The van der Waals surface area contributed by atoms with Crippen molar-refractivity contribution in [2.45, 2.75) is 24.3 Å². The van der Waals surface area contributed by atoms with Crippen LogP contribution < -0.4 is 5.32 Å². The number of nitrogens with one attached hydrogen (secondary N) is 1. The van der Waals surface area contributed by atoms with Gasteiger partial charge in [-0.2, -0.15) is 4.31 Å². The Hall–Kier alpha value is -1.25. The number of aromatic nitrogens is 2. The highest BCUT2D eigenvalue weighted by Crippen LogP contribution is 2.19. The molecule has 2 heterocycles. The summed E-state index contributed by atoms with van der Waals surface area (Å²) < 4.78 is 26.7. The predicted octanol–water partition coefficient (Wildman–Crippen LogP) is 0.233. The Kier molecular flexibility index (Phi) is 4.56. The number of likely N-dealkylation sites (N-methyl/N-ethyl adjacent to an activating group) is 1. The molecule has 0 aromatic carbocycles. The van der Waals surface area contributed by atoms with Crippen molar-refractivity contribution in [3.05, 3.63) is 12.4 Å². The summed E-state index contributed by atoms with van der Waals surface area (Å²) >= 11 is 0. The number of hydrogen-bond acceptors (Lipinski definition) is 6. The lowest BCUT2D eigenvalue weighted by atomic mass is 10.1. The Morgan fingerprint density at radius 3 is 2.55 bits per heavy atom. The van der Waals surface area contributed by atoms with E-state index in [9.17, 15) is 8.42 Å². The molecule has 20 heavy (non-hydrogen) atoms. The quantitative estimate of drug-likeness (QED) is 0.857. The van der Waals surface area contributed by atoms with Gasteiger partial charge in [0.05, 0.1) is 12.4 Å². The lowest BCUT2D eigenvalue weighted by molar-refractivity contribution is 0.144. The van der Waals surface area contributed by atoms with Crippen LogP contribution in [0.15, 0.2) is 17.3 Å². The van der Waals surface area contributed by atoms with E-state index in [1.807, 2.05) is 7.05 Å². The van der Waals surface area contributed by atoms with Gasteiger partial charge in [0.15, 0.2) is 0 Å². The molecule has 1 aromatic heterocycles. The summed E-state index contributed by atoms with van der Waals surface area (Å²) in [7, 11) is 0.221. The molecule has 0 aliphatic carbocycles. The van der Waals surface area contributed by atoms with Gasteiger partial charge < -0.3 is 10.2 Å². The Morgan fingerprint density at radius 2 is 2.00 bits per heavy atom. The molecule has 8 heteroatoms. The zero-order chi connectivity index (χ0) is 14.8. The lowest BCUT2D eigenvalue weighted by Crippen LogP contribution is -2.52. The van der Waals surface area contributed by atoms with Gasteiger partial charge in [0.2, 0.25) is 16.0 Å². The van der Waals surface area contributed by atoms with E-state index in [-0.39, 0.29) is 10.9 Å². The van der Waals surface area contributed by atoms with Crippen LogP contribution in [0.2, 0.25) is 0 Å². The molecule has 1 unspecified atom stereocenters. The molecule has 1 aliphatic rings. The molecule has 112 valence electrons. The fourth-order valence-electron chi connectivity index (χ4n) is 2.30. The fraction of sp³-hybridized carbons (Fsp3) is 0.667.